The topological polar surface area (TPSA) is 78.9 Å². The highest BCUT2D eigenvalue weighted by molar-refractivity contribution is 5.71. The van der Waals surface area contributed by atoms with Crippen LogP contribution in [0.5, 0.6) is 0 Å². The van der Waals surface area contributed by atoms with Crippen LogP contribution in [0.3, 0.4) is 0 Å². The van der Waals surface area contributed by atoms with Gasteiger partial charge in [0.15, 0.2) is 6.10 Å². The van der Waals surface area contributed by atoms with E-state index in [2.05, 4.69) is 179 Å². The van der Waals surface area contributed by atoms with Gasteiger partial charge < -0.3 is 14.2 Å². The Hall–Kier alpha value is -4.97. The van der Waals surface area contributed by atoms with E-state index in [4.69, 9.17) is 14.2 Å². The smallest absolute Gasteiger partial charge is 0.306 e. The first kappa shape index (κ1) is 72.0. The lowest BCUT2D eigenvalue weighted by atomic mass is 10.1. The summed E-state index contributed by atoms with van der Waals surface area (Å²) in [4.78, 5) is 38.3. The Labute approximate surface area is 473 Å². The molecule has 0 amide bonds. The van der Waals surface area contributed by atoms with Gasteiger partial charge in [0.05, 0.1) is 0 Å². The zero-order valence-electron chi connectivity index (χ0n) is 49.4. The van der Waals surface area contributed by atoms with Crippen LogP contribution in [-0.2, 0) is 28.6 Å². The molecule has 77 heavy (non-hydrogen) atoms. The molecular weight excluding hydrogens is 949 g/mol. The van der Waals surface area contributed by atoms with Gasteiger partial charge in [0, 0.05) is 19.3 Å². The molecule has 0 saturated heterocycles. The zero-order valence-corrected chi connectivity index (χ0v) is 49.4. The molecule has 432 valence electrons. The van der Waals surface area contributed by atoms with Gasteiger partial charge in [0.2, 0.25) is 0 Å². The molecule has 0 aliphatic heterocycles. The van der Waals surface area contributed by atoms with Crippen molar-refractivity contribution in [3.63, 3.8) is 0 Å². The van der Waals surface area contributed by atoms with Gasteiger partial charge in [-0.05, 0) is 141 Å². The Morgan fingerprint density at radius 1 is 0.273 bits per heavy atom. The second kappa shape index (κ2) is 63.6. The summed E-state index contributed by atoms with van der Waals surface area (Å²) in [5, 5.41) is 0. The van der Waals surface area contributed by atoms with Gasteiger partial charge in [-0.1, -0.05) is 249 Å². The standard InChI is InChI=1S/C71H112O6/c1-4-7-10-13-16-19-22-25-28-31-33-34-35-36-38-40-43-46-49-52-55-58-61-64-70(73)76-67-68(66-75-69(72)63-60-57-54-51-48-45-42-39-30-27-24-21-18-15-12-9-6-3)77-71(74)65-62-59-56-53-50-47-44-41-37-32-29-26-23-20-17-14-11-8-5-2/h7,9-10,12,16-21,25-30,33-34,36-38,41,43,46,52,55,68H,4-6,8,11,13-15,22-24,31-32,35,39-40,42,44-45,47-51,53-54,56-67H2,1-3H3/b10-7-,12-9-,19-16-,20-17-,21-18-,28-25-,29-26-,30-27-,34-33-,38-36-,41-37-,46-43-,55-52-. The first-order valence-electron chi connectivity index (χ1n) is 31.0. The number of rotatable bonds is 54. The molecule has 0 aromatic rings. The maximum absolute atomic E-state index is 12.9. The fourth-order valence-electron chi connectivity index (χ4n) is 7.92. The van der Waals surface area contributed by atoms with Crippen molar-refractivity contribution in [3.8, 4) is 0 Å². The Morgan fingerprint density at radius 3 is 0.844 bits per heavy atom. The minimum atomic E-state index is -0.823. The third-order valence-corrected chi connectivity index (χ3v) is 12.5. The van der Waals surface area contributed by atoms with Crippen LogP contribution in [0.15, 0.2) is 158 Å². The summed E-state index contributed by atoms with van der Waals surface area (Å²) in [5.74, 6) is -1.00. The number of carbonyl (C=O) groups excluding carboxylic acids is 3. The molecule has 0 aromatic carbocycles. The van der Waals surface area contributed by atoms with E-state index in [9.17, 15) is 14.4 Å². The molecule has 0 aliphatic rings. The molecule has 0 rings (SSSR count). The predicted molar refractivity (Wildman–Crippen MR) is 334 cm³/mol. The van der Waals surface area contributed by atoms with E-state index < -0.39 is 6.10 Å². The molecule has 6 heteroatoms. The van der Waals surface area contributed by atoms with Gasteiger partial charge >= 0.3 is 17.9 Å². The zero-order chi connectivity index (χ0) is 55.7. The summed E-state index contributed by atoms with van der Waals surface area (Å²) in [6, 6.07) is 0. The van der Waals surface area contributed by atoms with Crippen molar-refractivity contribution in [1.82, 2.24) is 0 Å². The highest BCUT2D eigenvalue weighted by atomic mass is 16.6. The van der Waals surface area contributed by atoms with E-state index in [0.29, 0.717) is 19.3 Å². The van der Waals surface area contributed by atoms with Crippen LogP contribution in [0.2, 0.25) is 0 Å². The summed E-state index contributed by atoms with van der Waals surface area (Å²) in [7, 11) is 0. The Balaban J connectivity index is 4.56. The summed E-state index contributed by atoms with van der Waals surface area (Å²) in [6.45, 7) is 6.32. The van der Waals surface area contributed by atoms with Crippen molar-refractivity contribution in [3.05, 3.63) is 158 Å². The largest absolute Gasteiger partial charge is 0.462 e. The van der Waals surface area contributed by atoms with Crippen molar-refractivity contribution >= 4 is 17.9 Å². The van der Waals surface area contributed by atoms with Gasteiger partial charge in [0.1, 0.15) is 13.2 Å². The molecule has 6 nitrogen and oxygen atoms in total. The lowest BCUT2D eigenvalue weighted by Crippen LogP contribution is -2.30. The van der Waals surface area contributed by atoms with Gasteiger partial charge in [-0.15, -0.1) is 0 Å². The van der Waals surface area contributed by atoms with Crippen molar-refractivity contribution in [2.75, 3.05) is 13.2 Å². The molecule has 0 spiro atoms. The second-order valence-corrected chi connectivity index (χ2v) is 19.8. The second-order valence-electron chi connectivity index (χ2n) is 19.8. The lowest BCUT2D eigenvalue weighted by molar-refractivity contribution is -0.167. The number of carbonyl (C=O) groups is 3. The highest BCUT2D eigenvalue weighted by Gasteiger charge is 2.19. The Kier molecular flexibility index (Phi) is 59.5. The molecule has 1 unspecified atom stereocenters. The quantitative estimate of drug-likeness (QED) is 0.0261. The average Bonchev–Trinajstić information content (AvgIpc) is 3.43. The SMILES string of the molecule is CC/C=C\C/C=C\C/C=C\C/C=C\C/C=C\C/C=C\C/C=C\CCCC(=O)OCC(COC(=O)CCCCCCCCC/C=C\C/C=C\C/C=C\CC)OC(=O)CCCCCCCC/C=C\C/C=C\C/C=C\CCCCC. The normalized spacial score (nSPS) is 13.2. The van der Waals surface area contributed by atoms with Gasteiger partial charge in [-0.25, -0.2) is 0 Å². The first-order chi connectivity index (χ1) is 38.0. The molecule has 0 bridgehead atoms. The highest BCUT2D eigenvalue weighted by Crippen LogP contribution is 2.14. The maximum atomic E-state index is 12.9. The maximum Gasteiger partial charge on any atom is 0.306 e. The van der Waals surface area contributed by atoms with E-state index in [0.717, 1.165) is 141 Å². The molecule has 0 fully saturated rings. The molecule has 0 heterocycles. The average molecular weight is 1060 g/mol. The fraction of sp³-hybridized carbons (Fsp3) is 0.592. The number of hydrogen-bond acceptors (Lipinski definition) is 6. The Bertz CT molecular complexity index is 1740. The predicted octanol–water partition coefficient (Wildman–Crippen LogP) is 21.3. The van der Waals surface area contributed by atoms with Crippen molar-refractivity contribution in [2.45, 2.75) is 258 Å². The van der Waals surface area contributed by atoms with Crippen LogP contribution in [0, 0.1) is 0 Å². The van der Waals surface area contributed by atoms with Crippen LogP contribution in [-0.4, -0.2) is 37.2 Å². The molecule has 0 radical (unpaired) electrons. The summed E-state index contributed by atoms with van der Waals surface area (Å²) >= 11 is 0. The van der Waals surface area contributed by atoms with Crippen molar-refractivity contribution < 1.29 is 28.6 Å². The minimum Gasteiger partial charge on any atom is -0.462 e. The van der Waals surface area contributed by atoms with Crippen molar-refractivity contribution in [2.24, 2.45) is 0 Å². The van der Waals surface area contributed by atoms with E-state index in [1.807, 2.05) is 0 Å². The van der Waals surface area contributed by atoms with E-state index in [1.165, 1.54) is 64.2 Å². The van der Waals surface area contributed by atoms with Crippen LogP contribution in [0.1, 0.15) is 252 Å². The number of esters is 3. The molecule has 0 N–H and O–H groups in total. The molecule has 0 saturated carbocycles. The summed E-state index contributed by atoms with van der Waals surface area (Å²) < 4.78 is 16.9. The van der Waals surface area contributed by atoms with Crippen molar-refractivity contribution in [1.29, 1.82) is 0 Å². The third kappa shape index (κ3) is 61.8. The fourth-order valence-corrected chi connectivity index (χ4v) is 7.92. The number of allylic oxidation sites excluding steroid dienone is 26. The van der Waals surface area contributed by atoms with Crippen LogP contribution in [0.4, 0.5) is 0 Å². The third-order valence-electron chi connectivity index (χ3n) is 12.5. The lowest BCUT2D eigenvalue weighted by Gasteiger charge is -2.18. The summed E-state index contributed by atoms with van der Waals surface area (Å²) in [5.41, 5.74) is 0. The van der Waals surface area contributed by atoms with Gasteiger partial charge in [0.25, 0.3) is 0 Å². The monoisotopic (exact) mass is 1060 g/mol. The minimum absolute atomic E-state index is 0.114. The Morgan fingerprint density at radius 2 is 0.519 bits per heavy atom. The first-order valence-corrected chi connectivity index (χ1v) is 31.0. The van der Waals surface area contributed by atoms with Gasteiger partial charge in [-0.2, -0.15) is 0 Å². The van der Waals surface area contributed by atoms with Crippen LogP contribution < -0.4 is 0 Å². The molecular formula is C71H112O6. The van der Waals surface area contributed by atoms with E-state index >= 15 is 0 Å². The van der Waals surface area contributed by atoms with E-state index in [-0.39, 0.29) is 37.5 Å². The van der Waals surface area contributed by atoms with Crippen LogP contribution in [0.25, 0.3) is 0 Å². The molecule has 1 atom stereocenters. The number of ether oxygens (including phenoxy) is 3. The van der Waals surface area contributed by atoms with E-state index in [1.54, 1.807) is 0 Å². The number of hydrogen-bond donors (Lipinski definition) is 0. The number of unbranched alkanes of at least 4 members (excludes halogenated alkanes) is 17. The summed E-state index contributed by atoms with van der Waals surface area (Å²) in [6.07, 6.45) is 92.4. The molecule has 0 aromatic heterocycles. The van der Waals surface area contributed by atoms with Crippen LogP contribution >= 0.6 is 0 Å². The van der Waals surface area contributed by atoms with Gasteiger partial charge in [-0.3, -0.25) is 14.4 Å². The molecule has 0 aliphatic carbocycles.